The normalized spacial score (nSPS) is 26.8. The predicted octanol–water partition coefficient (Wildman–Crippen LogP) is 1.00. The molecule has 1 aromatic carbocycles. The van der Waals surface area contributed by atoms with E-state index in [1.807, 2.05) is 0 Å². The zero-order valence-corrected chi connectivity index (χ0v) is 16.0. The summed E-state index contributed by atoms with van der Waals surface area (Å²) in [6.07, 6.45) is -4.44. The number of hydrogen-bond acceptors (Lipinski definition) is 8. The predicted molar refractivity (Wildman–Crippen MR) is 99.2 cm³/mol. The van der Waals surface area contributed by atoms with E-state index in [1.165, 1.54) is 26.2 Å². The summed E-state index contributed by atoms with van der Waals surface area (Å²) in [4.78, 5) is 23.1. The minimum atomic E-state index is -1.34. The standard InChI is InChI=1S/C19H23NO8/c1-9(21)20-12-7-10-5-6-11(8-13(10)27-17(12)24)26-18-15(23)14(22)16(25-4)19(2,3)28-18/h5-8,14-16,18,22-23H,1-4H3,(H,20,21)/t14-,15-,16+,18-/m1/s1. The average molecular weight is 393 g/mol. The fraction of sp³-hybridized carbons (Fsp3) is 0.474. The molecule has 0 bridgehead atoms. The number of amides is 1. The summed E-state index contributed by atoms with van der Waals surface area (Å²) >= 11 is 0. The molecule has 0 radical (unpaired) electrons. The highest BCUT2D eigenvalue weighted by molar-refractivity contribution is 5.91. The lowest BCUT2D eigenvalue weighted by atomic mass is 9.89. The van der Waals surface area contributed by atoms with Crippen LogP contribution in [-0.4, -0.2) is 53.4 Å². The SMILES string of the molecule is CO[C@H]1[C@H](O)[C@@H](O)[C@H](Oc2ccc3cc(NC(C)=O)c(=O)oc3c2)OC1(C)C. The number of carbonyl (C=O) groups excluding carboxylic acids is 1. The average Bonchev–Trinajstić information content (AvgIpc) is 2.60. The molecule has 1 amide bonds. The molecule has 0 unspecified atom stereocenters. The zero-order valence-electron chi connectivity index (χ0n) is 16.0. The molecular formula is C19H23NO8. The van der Waals surface area contributed by atoms with Crippen molar-refractivity contribution >= 4 is 22.6 Å². The maximum atomic E-state index is 12.0. The maximum Gasteiger partial charge on any atom is 0.360 e. The molecular weight excluding hydrogens is 370 g/mol. The molecule has 9 nitrogen and oxygen atoms in total. The summed E-state index contributed by atoms with van der Waals surface area (Å²) in [6, 6.07) is 6.19. The van der Waals surface area contributed by atoms with Crippen molar-refractivity contribution in [1.82, 2.24) is 0 Å². The first-order chi connectivity index (χ1) is 13.1. The Hall–Kier alpha value is -2.46. The molecule has 1 fully saturated rings. The van der Waals surface area contributed by atoms with Gasteiger partial charge in [-0.1, -0.05) is 0 Å². The minimum absolute atomic E-state index is 0.0372. The molecule has 1 aliphatic rings. The summed E-state index contributed by atoms with van der Waals surface area (Å²) in [5.41, 5.74) is -1.34. The molecule has 0 aliphatic carbocycles. The van der Waals surface area contributed by atoms with E-state index < -0.39 is 35.8 Å². The van der Waals surface area contributed by atoms with Crippen LogP contribution in [0.15, 0.2) is 33.5 Å². The van der Waals surface area contributed by atoms with Gasteiger partial charge >= 0.3 is 5.63 Å². The van der Waals surface area contributed by atoms with Crippen molar-refractivity contribution in [3.63, 3.8) is 0 Å². The number of nitrogens with one attached hydrogen (secondary N) is 1. The van der Waals surface area contributed by atoms with Crippen LogP contribution < -0.4 is 15.7 Å². The fourth-order valence-electron chi connectivity index (χ4n) is 3.28. The van der Waals surface area contributed by atoms with Crippen LogP contribution in [0.3, 0.4) is 0 Å². The van der Waals surface area contributed by atoms with Gasteiger partial charge in [0.05, 0.1) is 5.60 Å². The summed E-state index contributed by atoms with van der Waals surface area (Å²) in [5, 5.41) is 23.6. The molecule has 1 saturated heterocycles. The zero-order chi connectivity index (χ0) is 20.6. The van der Waals surface area contributed by atoms with Crippen molar-refractivity contribution in [1.29, 1.82) is 0 Å². The second-order valence-corrected chi connectivity index (χ2v) is 7.17. The lowest BCUT2D eigenvalue weighted by Crippen LogP contribution is -2.63. The number of rotatable bonds is 4. The third-order valence-electron chi connectivity index (χ3n) is 4.57. The van der Waals surface area contributed by atoms with Crippen molar-refractivity contribution in [2.45, 2.75) is 51.0 Å². The molecule has 0 saturated carbocycles. The molecule has 152 valence electrons. The van der Waals surface area contributed by atoms with Crippen molar-refractivity contribution < 1.29 is 33.6 Å². The summed E-state index contributed by atoms with van der Waals surface area (Å²) in [7, 11) is 1.42. The second-order valence-electron chi connectivity index (χ2n) is 7.17. The number of methoxy groups -OCH3 is 1. The highest BCUT2D eigenvalue weighted by Gasteiger charge is 2.50. The number of anilines is 1. The van der Waals surface area contributed by atoms with Crippen LogP contribution in [0.25, 0.3) is 11.0 Å². The highest BCUT2D eigenvalue weighted by Crippen LogP contribution is 2.33. The largest absolute Gasteiger partial charge is 0.462 e. The lowest BCUT2D eigenvalue weighted by Gasteiger charge is -2.46. The van der Waals surface area contributed by atoms with Gasteiger partial charge < -0.3 is 34.2 Å². The van der Waals surface area contributed by atoms with Gasteiger partial charge in [-0.3, -0.25) is 4.79 Å². The van der Waals surface area contributed by atoms with E-state index in [1.54, 1.807) is 26.0 Å². The molecule has 0 spiro atoms. The van der Waals surface area contributed by atoms with Crippen LogP contribution in [0.4, 0.5) is 5.69 Å². The molecule has 2 heterocycles. The monoisotopic (exact) mass is 393 g/mol. The molecule has 2 aromatic rings. The van der Waals surface area contributed by atoms with Crippen LogP contribution in [0, 0.1) is 0 Å². The summed E-state index contributed by atoms with van der Waals surface area (Å²) < 4.78 is 21.9. The molecule has 9 heteroatoms. The summed E-state index contributed by atoms with van der Waals surface area (Å²) in [5.74, 6) is -0.114. The maximum absolute atomic E-state index is 12.0. The minimum Gasteiger partial charge on any atom is -0.462 e. The van der Waals surface area contributed by atoms with Crippen LogP contribution in [-0.2, 0) is 14.3 Å². The van der Waals surface area contributed by atoms with Crippen LogP contribution in [0.2, 0.25) is 0 Å². The molecule has 3 rings (SSSR count). The molecule has 1 aromatic heterocycles. The van der Waals surface area contributed by atoms with Crippen molar-refractivity contribution in [2.75, 3.05) is 12.4 Å². The highest BCUT2D eigenvalue weighted by atomic mass is 16.7. The Morgan fingerprint density at radius 1 is 1.21 bits per heavy atom. The lowest BCUT2D eigenvalue weighted by molar-refractivity contribution is -0.305. The van der Waals surface area contributed by atoms with Gasteiger partial charge in [-0.25, -0.2) is 4.79 Å². The Morgan fingerprint density at radius 3 is 2.57 bits per heavy atom. The van der Waals surface area contributed by atoms with Gasteiger partial charge in [0.15, 0.2) is 0 Å². The van der Waals surface area contributed by atoms with Gasteiger partial charge in [0, 0.05) is 25.5 Å². The number of carbonyl (C=O) groups is 1. The van der Waals surface area contributed by atoms with E-state index >= 15 is 0 Å². The number of aliphatic hydroxyl groups excluding tert-OH is 2. The van der Waals surface area contributed by atoms with Gasteiger partial charge in [-0.2, -0.15) is 0 Å². The third-order valence-corrected chi connectivity index (χ3v) is 4.57. The van der Waals surface area contributed by atoms with E-state index in [0.717, 1.165) is 0 Å². The number of ether oxygens (including phenoxy) is 3. The van der Waals surface area contributed by atoms with E-state index in [-0.39, 0.29) is 22.9 Å². The number of benzene rings is 1. The molecule has 1 aliphatic heterocycles. The molecule has 28 heavy (non-hydrogen) atoms. The first-order valence-corrected chi connectivity index (χ1v) is 8.71. The van der Waals surface area contributed by atoms with E-state index in [9.17, 15) is 19.8 Å². The van der Waals surface area contributed by atoms with Gasteiger partial charge in [0.1, 0.15) is 35.3 Å². The van der Waals surface area contributed by atoms with Crippen molar-refractivity contribution in [2.24, 2.45) is 0 Å². The Kier molecular flexibility index (Phi) is 5.44. The Morgan fingerprint density at radius 2 is 1.93 bits per heavy atom. The second kappa shape index (κ2) is 7.51. The van der Waals surface area contributed by atoms with Crippen molar-refractivity contribution in [3.8, 4) is 5.75 Å². The smallest absolute Gasteiger partial charge is 0.360 e. The first kappa shape index (κ1) is 20.3. The number of fused-ring (bicyclic) bond motifs is 1. The quantitative estimate of drug-likeness (QED) is 0.657. The van der Waals surface area contributed by atoms with E-state index in [2.05, 4.69) is 5.32 Å². The van der Waals surface area contributed by atoms with E-state index in [0.29, 0.717) is 5.39 Å². The van der Waals surface area contributed by atoms with Gasteiger partial charge in [-0.05, 0) is 32.0 Å². The van der Waals surface area contributed by atoms with Crippen LogP contribution in [0.5, 0.6) is 5.75 Å². The van der Waals surface area contributed by atoms with Gasteiger partial charge in [0.2, 0.25) is 12.2 Å². The third kappa shape index (κ3) is 3.88. The number of aliphatic hydroxyl groups is 2. The summed E-state index contributed by atoms with van der Waals surface area (Å²) in [6.45, 7) is 4.73. The Labute approximate surface area is 160 Å². The fourth-order valence-corrected chi connectivity index (χ4v) is 3.28. The van der Waals surface area contributed by atoms with Gasteiger partial charge in [0.25, 0.3) is 0 Å². The number of hydrogen-bond donors (Lipinski definition) is 3. The van der Waals surface area contributed by atoms with E-state index in [4.69, 9.17) is 18.6 Å². The Bertz CT molecular complexity index is 937. The van der Waals surface area contributed by atoms with Crippen LogP contribution in [0.1, 0.15) is 20.8 Å². The topological polar surface area (TPSA) is 127 Å². The van der Waals surface area contributed by atoms with Crippen LogP contribution >= 0.6 is 0 Å². The molecule has 3 N–H and O–H groups in total. The van der Waals surface area contributed by atoms with Gasteiger partial charge in [-0.15, -0.1) is 0 Å². The Balaban J connectivity index is 1.86. The molecule has 4 atom stereocenters. The van der Waals surface area contributed by atoms with Crippen molar-refractivity contribution in [3.05, 3.63) is 34.7 Å². The first-order valence-electron chi connectivity index (χ1n) is 8.71.